The highest BCUT2D eigenvalue weighted by Gasteiger charge is 2.19. The molecular formula is C14H21NO3. The molecule has 0 amide bonds. The minimum absolute atomic E-state index is 0.310. The molecule has 1 unspecified atom stereocenters. The predicted molar refractivity (Wildman–Crippen MR) is 72.1 cm³/mol. The van der Waals surface area contributed by atoms with Crippen LogP contribution in [0.5, 0.6) is 5.75 Å². The Bertz CT molecular complexity index is 390. The lowest BCUT2D eigenvalue weighted by atomic mass is 10.2. The van der Waals surface area contributed by atoms with Crippen LogP contribution in [-0.2, 0) is 9.53 Å². The molecule has 18 heavy (non-hydrogen) atoms. The van der Waals surface area contributed by atoms with E-state index in [2.05, 4.69) is 0 Å². The zero-order valence-corrected chi connectivity index (χ0v) is 11.5. The molecule has 0 saturated carbocycles. The van der Waals surface area contributed by atoms with Crippen LogP contribution in [0.25, 0.3) is 0 Å². The monoisotopic (exact) mass is 251 g/mol. The second-order valence-electron chi connectivity index (χ2n) is 4.16. The SMILES string of the molecule is CCOC(=O)C(CC)Oc1cccc(N(C)C)c1. The number of ether oxygens (including phenoxy) is 2. The van der Waals surface area contributed by atoms with Gasteiger partial charge in [-0.2, -0.15) is 0 Å². The van der Waals surface area contributed by atoms with Gasteiger partial charge in [0, 0.05) is 25.8 Å². The van der Waals surface area contributed by atoms with E-state index in [9.17, 15) is 4.79 Å². The topological polar surface area (TPSA) is 38.8 Å². The Morgan fingerprint density at radius 1 is 1.33 bits per heavy atom. The molecule has 0 aliphatic carbocycles. The van der Waals surface area contributed by atoms with E-state index in [-0.39, 0.29) is 5.97 Å². The molecule has 0 saturated heterocycles. The number of rotatable bonds is 6. The summed E-state index contributed by atoms with van der Waals surface area (Å²) in [7, 11) is 3.92. The van der Waals surface area contributed by atoms with Crippen molar-refractivity contribution in [1.82, 2.24) is 0 Å². The fourth-order valence-corrected chi connectivity index (χ4v) is 1.53. The van der Waals surface area contributed by atoms with Crippen LogP contribution in [0, 0.1) is 0 Å². The molecular weight excluding hydrogens is 230 g/mol. The maximum atomic E-state index is 11.6. The molecule has 0 fully saturated rings. The number of carbonyl (C=O) groups excluding carboxylic acids is 1. The highest BCUT2D eigenvalue weighted by atomic mass is 16.6. The van der Waals surface area contributed by atoms with Crippen molar-refractivity contribution in [1.29, 1.82) is 0 Å². The second-order valence-corrected chi connectivity index (χ2v) is 4.16. The van der Waals surface area contributed by atoms with Crippen molar-refractivity contribution in [3.8, 4) is 5.75 Å². The summed E-state index contributed by atoms with van der Waals surface area (Å²) in [4.78, 5) is 13.6. The minimum atomic E-state index is -0.539. The summed E-state index contributed by atoms with van der Waals surface area (Å²) >= 11 is 0. The summed E-state index contributed by atoms with van der Waals surface area (Å²) in [6.07, 6.45) is 0.0488. The molecule has 0 aromatic heterocycles. The Kier molecular flexibility index (Phi) is 5.49. The van der Waals surface area contributed by atoms with Gasteiger partial charge < -0.3 is 14.4 Å². The summed E-state index contributed by atoms with van der Waals surface area (Å²) in [6, 6.07) is 7.64. The number of esters is 1. The molecule has 0 heterocycles. The molecule has 0 N–H and O–H groups in total. The van der Waals surface area contributed by atoms with E-state index >= 15 is 0 Å². The average Bonchev–Trinajstić information content (AvgIpc) is 2.36. The Morgan fingerprint density at radius 2 is 2.06 bits per heavy atom. The lowest BCUT2D eigenvalue weighted by molar-refractivity contribution is -0.151. The van der Waals surface area contributed by atoms with E-state index in [0.29, 0.717) is 18.8 Å². The highest BCUT2D eigenvalue weighted by molar-refractivity contribution is 5.75. The molecule has 0 radical (unpaired) electrons. The number of nitrogens with zero attached hydrogens (tertiary/aromatic N) is 1. The van der Waals surface area contributed by atoms with E-state index in [0.717, 1.165) is 5.69 Å². The molecule has 0 aliphatic heterocycles. The highest BCUT2D eigenvalue weighted by Crippen LogP contribution is 2.21. The Labute approximate surface area is 108 Å². The van der Waals surface area contributed by atoms with Gasteiger partial charge in [-0.3, -0.25) is 0 Å². The van der Waals surface area contributed by atoms with Crippen molar-refractivity contribution < 1.29 is 14.3 Å². The molecule has 4 heteroatoms. The van der Waals surface area contributed by atoms with Crippen LogP contribution in [0.2, 0.25) is 0 Å². The van der Waals surface area contributed by atoms with Gasteiger partial charge in [0.05, 0.1) is 6.61 Å². The third-order valence-electron chi connectivity index (χ3n) is 2.53. The van der Waals surface area contributed by atoms with Crippen molar-refractivity contribution >= 4 is 11.7 Å². The van der Waals surface area contributed by atoms with Crippen LogP contribution >= 0.6 is 0 Å². The summed E-state index contributed by atoms with van der Waals surface area (Å²) in [6.45, 7) is 4.06. The van der Waals surface area contributed by atoms with Gasteiger partial charge >= 0.3 is 5.97 Å². The van der Waals surface area contributed by atoms with Crippen molar-refractivity contribution in [2.45, 2.75) is 26.4 Å². The molecule has 1 atom stereocenters. The van der Waals surface area contributed by atoms with Crippen LogP contribution in [-0.4, -0.2) is 32.8 Å². The van der Waals surface area contributed by atoms with Crippen LogP contribution in [0.1, 0.15) is 20.3 Å². The summed E-state index contributed by atoms with van der Waals surface area (Å²) in [5.41, 5.74) is 1.03. The normalized spacial score (nSPS) is 11.8. The van der Waals surface area contributed by atoms with Gasteiger partial charge in [-0.05, 0) is 25.5 Å². The van der Waals surface area contributed by atoms with Gasteiger partial charge in [-0.1, -0.05) is 13.0 Å². The fraction of sp³-hybridized carbons (Fsp3) is 0.500. The zero-order valence-electron chi connectivity index (χ0n) is 11.5. The average molecular weight is 251 g/mol. The largest absolute Gasteiger partial charge is 0.479 e. The summed E-state index contributed by atoms with van der Waals surface area (Å²) in [5.74, 6) is 0.372. The molecule has 4 nitrogen and oxygen atoms in total. The maximum absolute atomic E-state index is 11.6. The van der Waals surface area contributed by atoms with Gasteiger partial charge in [-0.25, -0.2) is 4.79 Å². The molecule has 0 spiro atoms. The van der Waals surface area contributed by atoms with Crippen molar-refractivity contribution in [2.75, 3.05) is 25.6 Å². The smallest absolute Gasteiger partial charge is 0.347 e. The van der Waals surface area contributed by atoms with E-state index in [1.165, 1.54) is 0 Å². The fourth-order valence-electron chi connectivity index (χ4n) is 1.53. The van der Waals surface area contributed by atoms with Crippen LogP contribution < -0.4 is 9.64 Å². The first-order valence-electron chi connectivity index (χ1n) is 6.19. The number of anilines is 1. The molecule has 100 valence electrons. The van der Waals surface area contributed by atoms with E-state index in [1.807, 2.05) is 50.2 Å². The molecule has 1 aromatic carbocycles. The van der Waals surface area contributed by atoms with Crippen molar-refractivity contribution in [3.05, 3.63) is 24.3 Å². The molecule has 0 aliphatic rings. The lowest BCUT2D eigenvalue weighted by Crippen LogP contribution is -2.28. The third kappa shape index (κ3) is 3.95. The summed E-state index contributed by atoms with van der Waals surface area (Å²) in [5, 5.41) is 0. The minimum Gasteiger partial charge on any atom is -0.479 e. The van der Waals surface area contributed by atoms with E-state index in [4.69, 9.17) is 9.47 Å². The molecule has 0 bridgehead atoms. The first kappa shape index (κ1) is 14.4. The Hall–Kier alpha value is -1.71. The van der Waals surface area contributed by atoms with Gasteiger partial charge in [0.1, 0.15) is 5.75 Å². The van der Waals surface area contributed by atoms with Crippen LogP contribution in [0.3, 0.4) is 0 Å². The van der Waals surface area contributed by atoms with Gasteiger partial charge in [0.25, 0.3) is 0 Å². The van der Waals surface area contributed by atoms with Crippen molar-refractivity contribution in [2.24, 2.45) is 0 Å². The quantitative estimate of drug-likeness (QED) is 0.728. The standard InChI is InChI=1S/C14H21NO3/c1-5-13(14(16)17-6-2)18-12-9-7-8-11(10-12)15(3)4/h7-10,13H,5-6H2,1-4H3. The Balaban J connectivity index is 2.75. The predicted octanol–water partition coefficient (Wildman–Crippen LogP) is 2.47. The summed E-state index contributed by atoms with van der Waals surface area (Å²) < 4.78 is 10.6. The number of carbonyl (C=O) groups is 1. The number of hydrogen-bond donors (Lipinski definition) is 0. The van der Waals surface area contributed by atoms with E-state index < -0.39 is 6.10 Å². The van der Waals surface area contributed by atoms with Crippen LogP contribution in [0.15, 0.2) is 24.3 Å². The van der Waals surface area contributed by atoms with Gasteiger partial charge in [-0.15, -0.1) is 0 Å². The molecule has 1 rings (SSSR count). The number of benzene rings is 1. The zero-order chi connectivity index (χ0) is 13.5. The van der Waals surface area contributed by atoms with Gasteiger partial charge in [0.15, 0.2) is 6.10 Å². The first-order valence-corrected chi connectivity index (χ1v) is 6.19. The Morgan fingerprint density at radius 3 is 2.61 bits per heavy atom. The lowest BCUT2D eigenvalue weighted by Gasteiger charge is -2.18. The molecule has 1 aromatic rings. The maximum Gasteiger partial charge on any atom is 0.347 e. The number of hydrogen-bond acceptors (Lipinski definition) is 4. The first-order chi connectivity index (χ1) is 8.58. The second kappa shape index (κ2) is 6.89. The van der Waals surface area contributed by atoms with Crippen molar-refractivity contribution in [3.63, 3.8) is 0 Å². The third-order valence-corrected chi connectivity index (χ3v) is 2.53. The van der Waals surface area contributed by atoms with Crippen LogP contribution in [0.4, 0.5) is 5.69 Å². The van der Waals surface area contributed by atoms with E-state index in [1.54, 1.807) is 6.92 Å². The van der Waals surface area contributed by atoms with Gasteiger partial charge in [0.2, 0.25) is 0 Å².